The Bertz CT molecular complexity index is 791. The minimum absolute atomic E-state index is 0. The Labute approximate surface area is 121 Å². The van der Waals surface area contributed by atoms with Gasteiger partial charge in [0.2, 0.25) is 5.95 Å². The van der Waals surface area contributed by atoms with Gasteiger partial charge in [0, 0.05) is 0 Å². The van der Waals surface area contributed by atoms with E-state index in [1.54, 1.807) is 6.33 Å². The Hall–Kier alpha value is -2.34. The molecule has 0 spiro atoms. The van der Waals surface area contributed by atoms with Crippen molar-refractivity contribution < 1.29 is 0 Å². The molecule has 0 amide bonds. The van der Waals surface area contributed by atoms with Crippen LogP contribution >= 0.6 is 12.4 Å². The van der Waals surface area contributed by atoms with Crippen molar-refractivity contribution in [2.24, 2.45) is 0 Å². The van der Waals surface area contributed by atoms with Crippen molar-refractivity contribution in [1.29, 1.82) is 0 Å². The monoisotopic (exact) mass is 291 g/mol. The van der Waals surface area contributed by atoms with Gasteiger partial charge in [0.05, 0.1) is 12.9 Å². The zero-order valence-electron chi connectivity index (χ0n) is 10.8. The van der Waals surface area contributed by atoms with Crippen molar-refractivity contribution in [3.8, 4) is 0 Å². The molecule has 0 aliphatic rings. The molecule has 1 aromatic carbocycles. The first kappa shape index (κ1) is 14.1. The highest BCUT2D eigenvalue weighted by molar-refractivity contribution is 5.85. The summed E-state index contributed by atoms with van der Waals surface area (Å²) < 4.78 is 1.81. The summed E-state index contributed by atoms with van der Waals surface area (Å²) in [4.78, 5) is 22.3. The molecule has 0 saturated carbocycles. The fourth-order valence-corrected chi connectivity index (χ4v) is 1.98. The van der Waals surface area contributed by atoms with E-state index in [1.165, 1.54) is 5.56 Å². The Balaban J connectivity index is 0.00000147. The van der Waals surface area contributed by atoms with Crippen LogP contribution in [0, 0.1) is 6.92 Å². The molecule has 6 nitrogen and oxygen atoms in total. The number of H-pyrrole nitrogens is 1. The number of fused-ring (bicyclic) bond motifs is 1. The first-order valence-corrected chi connectivity index (χ1v) is 5.89. The van der Waals surface area contributed by atoms with E-state index in [4.69, 9.17) is 5.73 Å². The molecule has 0 radical (unpaired) electrons. The summed E-state index contributed by atoms with van der Waals surface area (Å²) in [5, 5.41) is 0. The number of aromatic amines is 1. The summed E-state index contributed by atoms with van der Waals surface area (Å²) in [5.41, 5.74) is 8.37. The number of aryl methyl sites for hydroxylation is 1. The van der Waals surface area contributed by atoms with E-state index in [2.05, 4.69) is 15.0 Å². The van der Waals surface area contributed by atoms with Crippen LogP contribution < -0.4 is 11.3 Å². The molecule has 0 bridgehead atoms. The molecule has 0 aliphatic carbocycles. The zero-order chi connectivity index (χ0) is 13.4. The fraction of sp³-hybridized carbons (Fsp3) is 0.154. The zero-order valence-corrected chi connectivity index (χ0v) is 11.6. The van der Waals surface area contributed by atoms with Crippen LogP contribution in [0.15, 0.2) is 35.4 Å². The maximum Gasteiger partial charge on any atom is 0.280 e. The van der Waals surface area contributed by atoms with Crippen molar-refractivity contribution >= 4 is 29.5 Å². The van der Waals surface area contributed by atoms with E-state index in [-0.39, 0.29) is 23.9 Å². The standard InChI is InChI=1S/C13H13N5O.ClH/c1-8-2-4-9(5-3-8)6-18-7-15-10-11(18)16-13(14)17-12(10)19;/h2-5,7H,6H2,1H3,(H3,14,16,17,19);1H. The molecule has 104 valence electrons. The lowest BCUT2D eigenvalue weighted by Gasteiger charge is -2.04. The van der Waals surface area contributed by atoms with Crippen molar-refractivity contribution in [1.82, 2.24) is 19.5 Å². The average Bonchev–Trinajstić information content (AvgIpc) is 2.76. The van der Waals surface area contributed by atoms with Gasteiger partial charge in [0.15, 0.2) is 11.2 Å². The summed E-state index contributed by atoms with van der Waals surface area (Å²) in [6.45, 7) is 2.64. The third-order valence-electron chi connectivity index (χ3n) is 2.97. The number of benzene rings is 1. The van der Waals surface area contributed by atoms with Crippen LogP contribution in [-0.4, -0.2) is 19.5 Å². The Kier molecular flexibility index (Phi) is 3.76. The second-order valence-electron chi connectivity index (χ2n) is 4.48. The van der Waals surface area contributed by atoms with Crippen molar-refractivity contribution in [3.63, 3.8) is 0 Å². The van der Waals surface area contributed by atoms with Gasteiger partial charge >= 0.3 is 0 Å². The van der Waals surface area contributed by atoms with Crippen LogP contribution in [0.5, 0.6) is 0 Å². The predicted molar refractivity (Wildman–Crippen MR) is 80.1 cm³/mol. The van der Waals surface area contributed by atoms with Crippen molar-refractivity contribution in [3.05, 3.63) is 52.1 Å². The van der Waals surface area contributed by atoms with Gasteiger partial charge in [-0.3, -0.25) is 9.78 Å². The van der Waals surface area contributed by atoms with Crippen LogP contribution in [0.2, 0.25) is 0 Å². The van der Waals surface area contributed by atoms with Gasteiger partial charge in [-0.25, -0.2) is 4.98 Å². The molecule has 0 saturated heterocycles. The molecule has 0 atom stereocenters. The Morgan fingerprint density at radius 3 is 2.70 bits per heavy atom. The predicted octanol–water partition coefficient (Wildman–Crippen LogP) is 1.48. The minimum atomic E-state index is -0.315. The number of nitrogens with two attached hydrogens (primary N) is 1. The maximum absolute atomic E-state index is 11.7. The number of hydrogen-bond acceptors (Lipinski definition) is 4. The van der Waals surface area contributed by atoms with Crippen LogP contribution in [0.3, 0.4) is 0 Å². The minimum Gasteiger partial charge on any atom is -0.369 e. The number of anilines is 1. The SMILES string of the molecule is Cc1ccc(Cn2cnc3c(=O)[nH]c(N)nc32)cc1.Cl. The number of aromatic nitrogens is 4. The van der Waals surface area contributed by atoms with E-state index in [1.807, 2.05) is 35.8 Å². The average molecular weight is 292 g/mol. The molecule has 3 aromatic rings. The van der Waals surface area contributed by atoms with Crippen LogP contribution in [0.1, 0.15) is 11.1 Å². The number of imidazole rings is 1. The first-order valence-electron chi connectivity index (χ1n) is 5.89. The number of nitrogens with one attached hydrogen (secondary N) is 1. The van der Waals surface area contributed by atoms with Gasteiger partial charge in [0.25, 0.3) is 5.56 Å². The second-order valence-corrected chi connectivity index (χ2v) is 4.48. The summed E-state index contributed by atoms with van der Waals surface area (Å²) in [6.07, 6.45) is 1.60. The maximum atomic E-state index is 11.7. The van der Waals surface area contributed by atoms with Crippen molar-refractivity contribution in [2.45, 2.75) is 13.5 Å². The van der Waals surface area contributed by atoms with E-state index in [0.717, 1.165) is 5.56 Å². The summed E-state index contributed by atoms with van der Waals surface area (Å²) in [6, 6.07) is 8.17. The van der Waals surface area contributed by atoms with Gasteiger partial charge < -0.3 is 10.3 Å². The summed E-state index contributed by atoms with van der Waals surface area (Å²) in [5.74, 6) is 0.100. The van der Waals surface area contributed by atoms with Gasteiger partial charge in [-0.2, -0.15) is 4.98 Å². The second kappa shape index (κ2) is 5.34. The largest absolute Gasteiger partial charge is 0.369 e. The summed E-state index contributed by atoms with van der Waals surface area (Å²) in [7, 11) is 0. The number of halogens is 1. The fourth-order valence-electron chi connectivity index (χ4n) is 1.98. The quantitative estimate of drug-likeness (QED) is 0.748. The lowest BCUT2D eigenvalue weighted by atomic mass is 10.1. The smallest absolute Gasteiger partial charge is 0.280 e. The van der Waals surface area contributed by atoms with Crippen LogP contribution in [0.4, 0.5) is 5.95 Å². The third-order valence-corrected chi connectivity index (χ3v) is 2.97. The summed E-state index contributed by atoms with van der Waals surface area (Å²) >= 11 is 0. The molecular weight excluding hydrogens is 278 g/mol. The van der Waals surface area contributed by atoms with Gasteiger partial charge in [-0.15, -0.1) is 12.4 Å². The molecule has 2 heterocycles. The first-order chi connectivity index (χ1) is 9.13. The number of hydrogen-bond donors (Lipinski definition) is 2. The number of nitrogen functional groups attached to an aromatic ring is 1. The molecule has 20 heavy (non-hydrogen) atoms. The Morgan fingerprint density at radius 1 is 1.30 bits per heavy atom. The van der Waals surface area contributed by atoms with E-state index < -0.39 is 0 Å². The van der Waals surface area contributed by atoms with E-state index in [9.17, 15) is 4.79 Å². The topological polar surface area (TPSA) is 89.6 Å². The lowest BCUT2D eigenvalue weighted by molar-refractivity contribution is 0.813. The molecule has 0 aliphatic heterocycles. The van der Waals surface area contributed by atoms with Crippen LogP contribution in [0.25, 0.3) is 11.2 Å². The lowest BCUT2D eigenvalue weighted by Crippen LogP contribution is -2.12. The van der Waals surface area contributed by atoms with Crippen molar-refractivity contribution in [2.75, 3.05) is 5.73 Å². The van der Waals surface area contributed by atoms with E-state index in [0.29, 0.717) is 17.7 Å². The molecule has 0 fully saturated rings. The van der Waals surface area contributed by atoms with Gasteiger partial charge in [0.1, 0.15) is 0 Å². The van der Waals surface area contributed by atoms with Gasteiger partial charge in [-0.1, -0.05) is 29.8 Å². The van der Waals surface area contributed by atoms with Gasteiger partial charge in [-0.05, 0) is 12.5 Å². The normalized spacial score (nSPS) is 10.4. The number of rotatable bonds is 2. The molecular formula is C13H14ClN5O. The van der Waals surface area contributed by atoms with Crippen LogP contribution in [-0.2, 0) is 6.54 Å². The highest BCUT2D eigenvalue weighted by atomic mass is 35.5. The molecule has 3 rings (SSSR count). The number of nitrogens with zero attached hydrogens (tertiary/aromatic N) is 3. The molecule has 2 aromatic heterocycles. The molecule has 7 heteroatoms. The Morgan fingerprint density at radius 2 is 2.00 bits per heavy atom. The molecule has 3 N–H and O–H groups in total. The third kappa shape index (κ3) is 2.50. The highest BCUT2D eigenvalue weighted by Gasteiger charge is 2.09. The highest BCUT2D eigenvalue weighted by Crippen LogP contribution is 2.10. The molecule has 0 unspecified atom stereocenters. The van der Waals surface area contributed by atoms with E-state index >= 15 is 0 Å².